The molecular formula is C10H12BrClFNO. The summed E-state index contributed by atoms with van der Waals surface area (Å²) in [7, 11) is 0. The van der Waals surface area contributed by atoms with Gasteiger partial charge in [-0.25, -0.2) is 4.39 Å². The molecule has 2 nitrogen and oxygen atoms in total. The number of phenolic OH excluding ortho intramolecular Hbond substituents is 1. The van der Waals surface area contributed by atoms with Crippen LogP contribution in [0.5, 0.6) is 5.75 Å². The van der Waals surface area contributed by atoms with Gasteiger partial charge in [0.15, 0.2) is 11.6 Å². The summed E-state index contributed by atoms with van der Waals surface area (Å²) in [4.78, 5) is 0. The fraction of sp³-hybridized carbons (Fsp3) is 0.400. The van der Waals surface area contributed by atoms with Gasteiger partial charge in [0.05, 0.1) is 0 Å². The molecule has 84 valence electrons. The summed E-state index contributed by atoms with van der Waals surface area (Å²) in [6, 6.07) is 2.54. The van der Waals surface area contributed by atoms with E-state index in [0.29, 0.717) is 16.0 Å². The van der Waals surface area contributed by atoms with Gasteiger partial charge in [0, 0.05) is 16.1 Å². The molecule has 1 aliphatic rings. The number of aromatic hydroxyl groups is 1. The van der Waals surface area contributed by atoms with Crippen molar-refractivity contribution in [3.8, 4) is 5.75 Å². The van der Waals surface area contributed by atoms with Crippen molar-refractivity contribution in [2.75, 3.05) is 0 Å². The third kappa shape index (κ3) is 2.44. The Morgan fingerprint density at radius 1 is 1.47 bits per heavy atom. The van der Waals surface area contributed by atoms with E-state index in [2.05, 4.69) is 15.9 Å². The van der Waals surface area contributed by atoms with Crippen LogP contribution in [0.15, 0.2) is 16.6 Å². The van der Waals surface area contributed by atoms with Crippen molar-refractivity contribution in [1.82, 2.24) is 0 Å². The molecule has 0 aliphatic heterocycles. The SMILES string of the molecule is Cl.N[C@H](c1c(Br)ccc(F)c1O)C1CC1. The second-order valence-electron chi connectivity index (χ2n) is 3.65. The van der Waals surface area contributed by atoms with Gasteiger partial charge in [-0.3, -0.25) is 0 Å². The molecule has 1 fully saturated rings. The molecule has 0 spiro atoms. The van der Waals surface area contributed by atoms with Gasteiger partial charge < -0.3 is 10.8 Å². The Morgan fingerprint density at radius 3 is 2.60 bits per heavy atom. The molecule has 0 bridgehead atoms. The van der Waals surface area contributed by atoms with Crippen LogP contribution in [0.3, 0.4) is 0 Å². The average Bonchev–Trinajstić information content (AvgIpc) is 2.95. The zero-order valence-corrected chi connectivity index (χ0v) is 10.3. The third-order valence-corrected chi connectivity index (χ3v) is 3.27. The van der Waals surface area contributed by atoms with E-state index in [4.69, 9.17) is 5.73 Å². The minimum Gasteiger partial charge on any atom is -0.505 e. The summed E-state index contributed by atoms with van der Waals surface area (Å²) < 4.78 is 13.8. The predicted octanol–water partition coefficient (Wildman–Crippen LogP) is 3.13. The maximum Gasteiger partial charge on any atom is 0.165 e. The summed E-state index contributed by atoms with van der Waals surface area (Å²) in [5.41, 5.74) is 6.41. The van der Waals surface area contributed by atoms with Crippen molar-refractivity contribution >= 4 is 28.3 Å². The highest BCUT2D eigenvalue weighted by Crippen LogP contribution is 2.44. The maximum absolute atomic E-state index is 13.1. The van der Waals surface area contributed by atoms with Crippen LogP contribution >= 0.6 is 28.3 Å². The summed E-state index contributed by atoms with van der Waals surface area (Å²) >= 11 is 3.27. The topological polar surface area (TPSA) is 46.2 Å². The van der Waals surface area contributed by atoms with Crippen LogP contribution in [0.1, 0.15) is 24.4 Å². The first-order valence-corrected chi connectivity index (χ1v) is 5.33. The molecule has 15 heavy (non-hydrogen) atoms. The van der Waals surface area contributed by atoms with Gasteiger partial charge in [-0.1, -0.05) is 15.9 Å². The average molecular weight is 297 g/mol. The molecule has 1 aromatic carbocycles. The second kappa shape index (κ2) is 4.68. The summed E-state index contributed by atoms with van der Waals surface area (Å²) in [5.74, 6) is -0.544. The van der Waals surface area contributed by atoms with Gasteiger partial charge in [0.25, 0.3) is 0 Å². The van der Waals surface area contributed by atoms with E-state index >= 15 is 0 Å². The lowest BCUT2D eigenvalue weighted by atomic mass is 10.0. The van der Waals surface area contributed by atoms with E-state index in [1.807, 2.05) is 0 Å². The first kappa shape index (κ1) is 12.7. The number of halogens is 3. The molecule has 0 aromatic heterocycles. The lowest BCUT2D eigenvalue weighted by molar-refractivity contribution is 0.416. The fourth-order valence-electron chi connectivity index (χ4n) is 1.56. The van der Waals surface area contributed by atoms with E-state index in [9.17, 15) is 9.50 Å². The lowest BCUT2D eigenvalue weighted by Crippen LogP contribution is -2.13. The van der Waals surface area contributed by atoms with Crippen molar-refractivity contribution in [1.29, 1.82) is 0 Å². The molecule has 1 saturated carbocycles. The zero-order chi connectivity index (χ0) is 10.3. The quantitative estimate of drug-likeness (QED) is 0.881. The smallest absolute Gasteiger partial charge is 0.165 e. The normalized spacial score (nSPS) is 17.0. The summed E-state index contributed by atoms with van der Waals surface area (Å²) in [6.45, 7) is 0. The van der Waals surface area contributed by atoms with Gasteiger partial charge in [-0.2, -0.15) is 0 Å². The first-order chi connectivity index (χ1) is 6.61. The summed E-state index contributed by atoms with van der Waals surface area (Å²) in [6.07, 6.45) is 2.12. The van der Waals surface area contributed by atoms with Crippen LogP contribution < -0.4 is 5.73 Å². The molecular weight excluding hydrogens is 284 g/mol. The van der Waals surface area contributed by atoms with Crippen LogP contribution in [0.25, 0.3) is 0 Å². The third-order valence-electron chi connectivity index (χ3n) is 2.58. The maximum atomic E-state index is 13.1. The van der Waals surface area contributed by atoms with Crippen LogP contribution in [0, 0.1) is 11.7 Å². The van der Waals surface area contributed by atoms with Gasteiger partial charge in [-0.15, -0.1) is 12.4 Å². The van der Waals surface area contributed by atoms with Gasteiger partial charge in [0.1, 0.15) is 0 Å². The van der Waals surface area contributed by atoms with Crippen molar-refractivity contribution in [3.63, 3.8) is 0 Å². The number of benzene rings is 1. The molecule has 0 unspecified atom stereocenters. The van der Waals surface area contributed by atoms with Crippen LogP contribution in [-0.2, 0) is 0 Å². The number of hydrogen-bond acceptors (Lipinski definition) is 2. The first-order valence-electron chi connectivity index (χ1n) is 4.53. The Morgan fingerprint density at radius 2 is 2.07 bits per heavy atom. The molecule has 5 heteroatoms. The van der Waals surface area contributed by atoms with E-state index in [1.54, 1.807) is 6.07 Å². The molecule has 1 atom stereocenters. The highest BCUT2D eigenvalue weighted by atomic mass is 79.9. The molecule has 0 amide bonds. The number of rotatable bonds is 2. The number of nitrogens with two attached hydrogens (primary N) is 1. The van der Waals surface area contributed by atoms with Crippen LogP contribution in [0.4, 0.5) is 4.39 Å². The molecule has 0 radical (unpaired) electrons. The highest BCUT2D eigenvalue weighted by molar-refractivity contribution is 9.10. The van der Waals surface area contributed by atoms with E-state index < -0.39 is 5.82 Å². The van der Waals surface area contributed by atoms with Gasteiger partial charge in [0.2, 0.25) is 0 Å². The molecule has 1 aromatic rings. The largest absolute Gasteiger partial charge is 0.505 e. The van der Waals surface area contributed by atoms with Crippen molar-refractivity contribution in [2.24, 2.45) is 11.7 Å². The molecule has 1 aliphatic carbocycles. The van der Waals surface area contributed by atoms with Crippen LogP contribution in [0.2, 0.25) is 0 Å². The molecule has 3 N–H and O–H groups in total. The highest BCUT2D eigenvalue weighted by Gasteiger charge is 2.32. The van der Waals surface area contributed by atoms with Crippen molar-refractivity contribution in [2.45, 2.75) is 18.9 Å². The zero-order valence-electron chi connectivity index (χ0n) is 7.91. The minimum absolute atomic E-state index is 0. The van der Waals surface area contributed by atoms with Crippen molar-refractivity contribution in [3.05, 3.63) is 28.0 Å². The summed E-state index contributed by atoms with van der Waals surface area (Å²) in [5, 5.41) is 9.54. The van der Waals surface area contributed by atoms with E-state index in [-0.39, 0.29) is 24.2 Å². The predicted molar refractivity (Wildman–Crippen MR) is 62.7 cm³/mol. The van der Waals surface area contributed by atoms with Crippen molar-refractivity contribution < 1.29 is 9.50 Å². The van der Waals surface area contributed by atoms with E-state index in [1.165, 1.54) is 6.07 Å². The Bertz CT molecular complexity index is 371. The van der Waals surface area contributed by atoms with Crippen LogP contribution in [-0.4, -0.2) is 5.11 Å². The number of hydrogen-bond donors (Lipinski definition) is 2. The Kier molecular flexibility index (Phi) is 3.98. The molecule has 0 saturated heterocycles. The second-order valence-corrected chi connectivity index (χ2v) is 4.51. The monoisotopic (exact) mass is 295 g/mol. The Hall–Kier alpha value is -0.320. The Labute approximate surface area is 102 Å². The molecule has 0 heterocycles. The van der Waals surface area contributed by atoms with Gasteiger partial charge >= 0.3 is 0 Å². The Balaban J connectivity index is 0.00000112. The lowest BCUT2D eigenvalue weighted by Gasteiger charge is -2.14. The van der Waals surface area contributed by atoms with Gasteiger partial charge in [-0.05, 0) is 30.9 Å². The van der Waals surface area contributed by atoms with E-state index in [0.717, 1.165) is 12.8 Å². The minimum atomic E-state index is -0.612. The molecule has 2 rings (SSSR count). The number of phenols is 1. The fourth-order valence-corrected chi connectivity index (χ4v) is 2.15. The standard InChI is InChI=1S/C10H11BrFNO.ClH/c11-6-3-4-7(12)10(14)8(6)9(13)5-1-2-5;/h3-5,9,14H,1-2,13H2;1H/t9-;/m0./s1.